The molecular weight excluding hydrogens is 150 g/mol. The fraction of sp³-hybridized carbons (Fsp3) is 0.667. The van der Waals surface area contributed by atoms with Gasteiger partial charge in [-0.05, 0) is 20.8 Å². The molecule has 0 heterocycles. The Labute approximate surface area is 74.4 Å². The Hall–Kier alpha value is -1.17. The normalized spacial score (nSPS) is 10.8. The van der Waals surface area contributed by atoms with Crippen molar-refractivity contribution in [1.29, 1.82) is 0 Å². The highest BCUT2D eigenvalue weighted by Gasteiger charge is 1.92. The molecule has 0 aromatic heterocycles. The smallest absolute Gasteiger partial charge is 0.188 e. The number of hydrogen-bond donors (Lipinski definition) is 2. The van der Waals surface area contributed by atoms with Crippen LogP contribution in [0.5, 0.6) is 0 Å². The zero-order valence-corrected chi connectivity index (χ0v) is 8.02. The molecule has 68 valence electrons. The summed E-state index contributed by atoms with van der Waals surface area (Å²) in [4.78, 5) is 4.08. The zero-order valence-electron chi connectivity index (χ0n) is 8.02. The van der Waals surface area contributed by atoms with Gasteiger partial charge in [-0.2, -0.15) is 0 Å². The van der Waals surface area contributed by atoms with Gasteiger partial charge < -0.3 is 11.1 Å². The SMILES string of the molecule is CC#CCCN=C(N)NC(C)C. The minimum absolute atomic E-state index is 0.339. The number of aliphatic imine (C=N–C) groups is 1. The van der Waals surface area contributed by atoms with E-state index in [1.165, 1.54) is 0 Å². The molecule has 0 unspecified atom stereocenters. The molecule has 0 saturated carbocycles. The summed E-state index contributed by atoms with van der Waals surface area (Å²) in [5.41, 5.74) is 5.55. The molecule has 0 saturated heterocycles. The molecule has 0 aliphatic heterocycles. The van der Waals surface area contributed by atoms with Crippen LogP contribution in [-0.4, -0.2) is 18.5 Å². The van der Waals surface area contributed by atoms with Gasteiger partial charge in [-0.3, -0.25) is 4.99 Å². The lowest BCUT2D eigenvalue weighted by molar-refractivity contribution is 0.724. The van der Waals surface area contributed by atoms with Crippen molar-refractivity contribution in [3.05, 3.63) is 0 Å². The van der Waals surface area contributed by atoms with Gasteiger partial charge in [-0.1, -0.05) is 0 Å². The van der Waals surface area contributed by atoms with E-state index < -0.39 is 0 Å². The predicted octanol–water partition coefficient (Wildman–Crippen LogP) is 0.713. The Balaban J connectivity index is 3.59. The van der Waals surface area contributed by atoms with Crippen molar-refractivity contribution in [2.75, 3.05) is 6.54 Å². The Kier molecular flexibility index (Phi) is 5.90. The van der Waals surface area contributed by atoms with E-state index in [0.717, 1.165) is 6.42 Å². The van der Waals surface area contributed by atoms with Crippen LogP contribution in [0.2, 0.25) is 0 Å². The molecule has 0 amide bonds. The molecule has 0 aromatic carbocycles. The Morgan fingerprint density at radius 1 is 1.58 bits per heavy atom. The molecule has 0 aliphatic rings. The largest absolute Gasteiger partial charge is 0.370 e. The van der Waals surface area contributed by atoms with Crippen molar-refractivity contribution < 1.29 is 0 Å². The van der Waals surface area contributed by atoms with E-state index in [1.807, 2.05) is 20.8 Å². The highest BCUT2D eigenvalue weighted by Crippen LogP contribution is 1.79. The molecule has 0 atom stereocenters. The highest BCUT2D eigenvalue weighted by atomic mass is 15.1. The summed E-state index contributed by atoms with van der Waals surface area (Å²) in [6, 6.07) is 0.339. The van der Waals surface area contributed by atoms with Gasteiger partial charge >= 0.3 is 0 Å². The highest BCUT2D eigenvalue weighted by molar-refractivity contribution is 5.78. The second-order valence-corrected chi connectivity index (χ2v) is 2.74. The van der Waals surface area contributed by atoms with Crippen LogP contribution in [0, 0.1) is 11.8 Å². The molecule has 0 bridgehead atoms. The predicted molar refractivity (Wildman–Crippen MR) is 52.8 cm³/mol. The minimum Gasteiger partial charge on any atom is -0.370 e. The third-order valence-electron chi connectivity index (χ3n) is 1.13. The number of nitrogens with two attached hydrogens (primary N) is 1. The first-order chi connectivity index (χ1) is 5.66. The van der Waals surface area contributed by atoms with E-state index in [-0.39, 0.29) is 0 Å². The van der Waals surface area contributed by atoms with Gasteiger partial charge in [0.1, 0.15) is 0 Å². The summed E-state index contributed by atoms with van der Waals surface area (Å²) in [6.45, 7) is 6.54. The molecule has 0 radical (unpaired) electrons. The van der Waals surface area contributed by atoms with Crippen molar-refractivity contribution in [2.45, 2.75) is 33.2 Å². The molecular formula is C9H17N3. The van der Waals surface area contributed by atoms with Gasteiger partial charge in [0.05, 0.1) is 6.54 Å². The average molecular weight is 167 g/mol. The van der Waals surface area contributed by atoms with Crippen LogP contribution < -0.4 is 11.1 Å². The standard InChI is InChI=1S/C9H17N3/c1-4-5-6-7-11-9(10)12-8(2)3/h8H,6-7H2,1-3H3,(H3,10,11,12). The van der Waals surface area contributed by atoms with Crippen LogP contribution in [-0.2, 0) is 0 Å². The van der Waals surface area contributed by atoms with E-state index in [4.69, 9.17) is 5.73 Å². The second kappa shape index (κ2) is 6.53. The monoisotopic (exact) mass is 167 g/mol. The van der Waals surface area contributed by atoms with Gasteiger partial charge in [0.2, 0.25) is 0 Å². The van der Waals surface area contributed by atoms with Crippen LogP contribution in [0.4, 0.5) is 0 Å². The van der Waals surface area contributed by atoms with Crippen LogP contribution in [0.15, 0.2) is 4.99 Å². The fourth-order valence-electron chi connectivity index (χ4n) is 0.699. The molecule has 12 heavy (non-hydrogen) atoms. The third-order valence-corrected chi connectivity index (χ3v) is 1.13. The van der Waals surface area contributed by atoms with E-state index in [1.54, 1.807) is 0 Å². The van der Waals surface area contributed by atoms with Crippen molar-refractivity contribution in [3.63, 3.8) is 0 Å². The van der Waals surface area contributed by atoms with Crippen LogP contribution in [0.3, 0.4) is 0 Å². The summed E-state index contributed by atoms with van der Waals surface area (Å²) in [7, 11) is 0. The van der Waals surface area contributed by atoms with Gasteiger partial charge in [-0.25, -0.2) is 0 Å². The quantitative estimate of drug-likeness (QED) is 0.281. The molecule has 3 nitrogen and oxygen atoms in total. The maximum absolute atomic E-state index is 5.55. The molecule has 3 N–H and O–H groups in total. The summed E-state index contributed by atoms with van der Waals surface area (Å²) in [6.07, 6.45) is 0.775. The van der Waals surface area contributed by atoms with E-state index in [9.17, 15) is 0 Å². The second-order valence-electron chi connectivity index (χ2n) is 2.74. The van der Waals surface area contributed by atoms with Crippen molar-refractivity contribution in [1.82, 2.24) is 5.32 Å². The first-order valence-corrected chi connectivity index (χ1v) is 4.13. The lowest BCUT2D eigenvalue weighted by atomic mass is 10.4. The molecule has 0 spiro atoms. The van der Waals surface area contributed by atoms with Crippen molar-refractivity contribution in [2.24, 2.45) is 10.7 Å². The Bertz CT molecular complexity index is 196. The minimum atomic E-state index is 0.339. The number of hydrogen-bond acceptors (Lipinski definition) is 1. The van der Waals surface area contributed by atoms with Gasteiger partial charge in [0.15, 0.2) is 5.96 Å². The van der Waals surface area contributed by atoms with Crippen LogP contribution in [0.25, 0.3) is 0 Å². The average Bonchev–Trinajstić information content (AvgIpc) is 1.97. The summed E-state index contributed by atoms with van der Waals surface area (Å²) < 4.78 is 0. The van der Waals surface area contributed by atoms with Crippen LogP contribution >= 0.6 is 0 Å². The summed E-state index contributed by atoms with van der Waals surface area (Å²) in [5, 5.41) is 3.00. The zero-order chi connectivity index (χ0) is 9.40. The Morgan fingerprint density at radius 2 is 2.25 bits per heavy atom. The number of guanidine groups is 1. The Morgan fingerprint density at radius 3 is 2.75 bits per heavy atom. The third kappa shape index (κ3) is 6.94. The number of rotatable bonds is 3. The van der Waals surface area contributed by atoms with Gasteiger partial charge in [-0.15, -0.1) is 11.8 Å². The van der Waals surface area contributed by atoms with E-state index in [2.05, 4.69) is 22.2 Å². The molecule has 0 fully saturated rings. The molecule has 3 heteroatoms. The number of nitrogens with one attached hydrogen (secondary N) is 1. The lowest BCUT2D eigenvalue weighted by Gasteiger charge is -2.07. The van der Waals surface area contributed by atoms with Crippen molar-refractivity contribution >= 4 is 5.96 Å². The van der Waals surface area contributed by atoms with Gasteiger partial charge in [0.25, 0.3) is 0 Å². The van der Waals surface area contributed by atoms with E-state index in [0.29, 0.717) is 18.5 Å². The molecule has 0 aliphatic carbocycles. The molecule has 0 aromatic rings. The maximum Gasteiger partial charge on any atom is 0.188 e. The topological polar surface area (TPSA) is 50.4 Å². The first kappa shape index (κ1) is 10.8. The van der Waals surface area contributed by atoms with Crippen LogP contribution in [0.1, 0.15) is 27.2 Å². The van der Waals surface area contributed by atoms with E-state index >= 15 is 0 Å². The lowest BCUT2D eigenvalue weighted by Crippen LogP contribution is -2.36. The summed E-state index contributed by atoms with van der Waals surface area (Å²) in [5.74, 6) is 6.22. The van der Waals surface area contributed by atoms with Gasteiger partial charge in [0, 0.05) is 12.5 Å². The first-order valence-electron chi connectivity index (χ1n) is 4.13. The number of nitrogens with zero attached hydrogens (tertiary/aromatic N) is 1. The fourth-order valence-corrected chi connectivity index (χ4v) is 0.699. The maximum atomic E-state index is 5.55. The van der Waals surface area contributed by atoms with Crippen molar-refractivity contribution in [3.8, 4) is 11.8 Å². The molecule has 0 rings (SSSR count). The summed E-state index contributed by atoms with van der Waals surface area (Å²) >= 11 is 0.